The van der Waals surface area contributed by atoms with E-state index in [-0.39, 0.29) is 28.2 Å². The molecule has 1 aromatic carbocycles. The highest BCUT2D eigenvalue weighted by Gasteiger charge is 2.20. The van der Waals surface area contributed by atoms with Crippen LogP contribution < -0.4 is 15.8 Å². The van der Waals surface area contributed by atoms with Gasteiger partial charge in [-0.15, -0.1) is 0 Å². The summed E-state index contributed by atoms with van der Waals surface area (Å²) in [5.74, 6) is 0.223. The monoisotopic (exact) mass is 316 g/mol. The van der Waals surface area contributed by atoms with Gasteiger partial charge in [0.2, 0.25) is 10.0 Å². The van der Waals surface area contributed by atoms with Crippen molar-refractivity contribution in [3.05, 3.63) is 28.3 Å². The Kier molecular flexibility index (Phi) is 5.64. The molecule has 1 aromatic rings. The van der Waals surface area contributed by atoms with Crippen molar-refractivity contribution >= 4 is 21.4 Å². The number of nitro benzene ring substituents is 1. The van der Waals surface area contributed by atoms with Crippen molar-refractivity contribution < 1.29 is 13.3 Å². The number of benzene rings is 1. The maximum Gasteiger partial charge on any atom is 0.293 e. The summed E-state index contributed by atoms with van der Waals surface area (Å²) in [4.78, 5) is 10.3. The van der Waals surface area contributed by atoms with Crippen molar-refractivity contribution in [1.82, 2.24) is 4.72 Å². The van der Waals surface area contributed by atoms with Crippen molar-refractivity contribution in [3.8, 4) is 0 Å². The van der Waals surface area contributed by atoms with Gasteiger partial charge in [0.1, 0.15) is 5.69 Å². The van der Waals surface area contributed by atoms with Crippen LogP contribution in [0.1, 0.15) is 13.8 Å². The SMILES string of the molecule is CNS(=O)(=O)c1ccc(NCC(N)C(C)C)c([N+](=O)[O-])c1. The van der Waals surface area contributed by atoms with Crippen LogP contribution in [0.25, 0.3) is 0 Å². The van der Waals surface area contributed by atoms with Gasteiger partial charge in [-0.1, -0.05) is 13.8 Å². The lowest BCUT2D eigenvalue weighted by molar-refractivity contribution is -0.384. The Balaban J connectivity index is 3.09. The van der Waals surface area contributed by atoms with Crippen molar-refractivity contribution in [1.29, 1.82) is 0 Å². The largest absolute Gasteiger partial charge is 0.378 e. The van der Waals surface area contributed by atoms with Crippen LogP contribution in [0.3, 0.4) is 0 Å². The summed E-state index contributed by atoms with van der Waals surface area (Å²) in [6, 6.07) is 3.54. The Labute approximate surface area is 123 Å². The highest BCUT2D eigenvalue weighted by atomic mass is 32.2. The fourth-order valence-electron chi connectivity index (χ4n) is 1.56. The zero-order valence-electron chi connectivity index (χ0n) is 12.2. The molecule has 0 fully saturated rings. The third kappa shape index (κ3) is 4.38. The second-order valence-electron chi connectivity index (χ2n) is 4.93. The molecule has 8 nitrogen and oxygen atoms in total. The number of nitrogens with one attached hydrogen (secondary N) is 2. The topological polar surface area (TPSA) is 127 Å². The van der Waals surface area contributed by atoms with Crippen LogP contribution in [0, 0.1) is 16.0 Å². The summed E-state index contributed by atoms with van der Waals surface area (Å²) >= 11 is 0. The second kappa shape index (κ2) is 6.83. The molecule has 0 saturated carbocycles. The van der Waals surface area contributed by atoms with Crippen molar-refractivity contribution in [2.24, 2.45) is 11.7 Å². The molecular weight excluding hydrogens is 296 g/mol. The molecular formula is C12H20N4O4S. The minimum atomic E-state index is -3.72. The minimum Gasteiger partial charge on any atom is -0.378 e. The zero-order chi connectivity index (χ0) is 16.2. The van der Waals surface area contributed by atoms with Gasteiger partial charge in [-0.2, -0.15) is 0 Å². The summed E-state index contributed by atoms with van der Waals surface area (Å²) in [7, 11) is -2.48. The van der Waals surface area contributed by atoms with E-state index >= 15 is 0 Å². The standard InChI is InChI=1S/C12H20N4O4S/c1-8(2)10(13)7-15-11-5-4-9(21(19,20)14-3)6-12(11)16(17)18/h4-6,8,10,14-15H,7,13H2,1-3H3. The number of sulfonamides is 1. The van der Waals surface area contributed by atoms with E-state index in [0.717, 1.165) is 6.07 Å². The van der Waals surface area contributed by atoms with Gasteiger partial charge < -0.3 is 11.1 Å². The van der Waals surface area contributed by atoms with Gasteiger partial charge in [0, 0.05) is 18.7 Å². The zero-order valence-corrected chi connectivity index (χ0v) is 13.0. The Morgan fingerprint density at radius 3 is 2.48 bits per heavy atom. The molecule has 0 amide bonds. The maximum absolute atomic E-state index is 11.7. The molecule has 0 aromatic heterocycles. The summed E-state index contributed by atoms with van der Waals surface area (Å²) in [5, 5.41) is 14.0. The molecule has 1 rings (SSSR count). The van der Waals surface area contributed by atoms with Gasteiger partial charge in [0.05, 0.1) is 9.82 Å². The smallest absolute Gasteiger partial charge is 0.293 e. The predicted octanol–water partition coefficient (Wildman–Crippen LogP) is 0.898. The number of nitrogens with zero attached hydrogens (tertiary/aromatic N) is 1. The number of hydrogen-bond acceptors (Lipinski definition) is 6. The number of nitro groups is 1. The number of hydrogen-bond donors (Lipinski definition) is 3. The van der Waals surface area contributed by atoms with E-state index in [1.807, 2.05) is 13.8 Å². The molecule has 1 unspecified atom stereocenters. The van der Waals surface area contributed by atoms with E-state index in [0.29, 0.717) is 6.54 Å². The molecule has 0 aliphatic heterocycles. The first-order valence-electron chi connectivity index (χ1n) is 6.40. The molecule has 0 saturated heterocycles. The van der Waals surface area contributed by atoms with E-state index in [4.69, 9.17) is 5.73 Å². The van der Waals surface area contributed by atoms with Gasteiger partial charge in [-0.05, 0) is 25.1 Å². The average molecular weight is 316 g/mol. The molecule has 21 heavy (non-hydrogen) atoms. The van der Waals surface area contributed by atoms with Crippen LogP contribution in [-0.4, -0.2) is 33.0 Å². The first kappa shape index (κ1) is 17.3. The van der Waals surface area contributed by atoms with Crippen LogP contribution in [0.4, 0.5) is 11.4 Å². The molecule has 1 atom stereocenters. The maximum atomic E-state index is 11.7. The van der Waals surface area contributed by atoms with Crippen LogP contribution in [0.2, 0.25) is 0 Å². The molecule has 0 spiro atoms. The predicted molar refractivity (Wildman–Crippen MR) is 80.6 cm³/mol. The van der Waals surface area contributed by atoms with Crippen molar-refractivity contribution in [3.63, 3.8) is 0 Å². The number of anilines is 1. The highest BCUT2D eigenvalue weighted by molar-refractivity contribution is 7.89. The molecule has 118 valence electrons. The van der Waals surface area contributed by atoms with E-state index in [2.05, 4.69) is 10.0 Å². The van der Waals surface area contributed by atoms with Crippen LogP contribution >= 0.6 is 0 Å². The van der Waals surface area contributed by atoms with E-state index < -0.39 is 14.9 Å². The molecule has 0 bridgehead atoms. The first-order chi connectivity index (χ1) is 9.69. The van der Waals surface area contributed by atoms with Gasteiger partial charge in [0.15, 0.2) is 0 Å². The normalized spacial score (nSPS) is 13.2. The lowest BCUT2D eigenvalue weighted by Gasteiger charge is -2.17. The van der Waals surface area contributed by atoms with Gasteiger partial charge >= 0.3 is 0 Å². The fourth-order valence-corrected chi connectivity index (χ4v) is 2.31. The minimum absolute atomic E-state index is 0.157. The van der Waals surface area contributed by atoms with Gasteiger partial charge in [-0.3, -0.25) is 10.1 Å². The lowest BCUT2D eigenvalue weighted by atomic mass is 10.1. The Morgan fingerprint density at radius 2 is 2.00 bits per heavy atom. The van der Waals surface area contributed by atoms with Crippen LogP contribution in [0.15, 0.2) is 23.1 Å². The van der Waals surface area contributed by atoms with E-state index in [1.54, 1.807) is 0 Å². The number of nitrogens with two attached hydrogens (primary N) is 1. The average Bonchev–Trinajstić information content (AvgIpc) is 2.44. The van der Waals surface area contributed by atoms with E-state index in [1.165, 1.54) is 19.2 Å². The van der Waals surface area contributed by atoms with Crippen molar-refractivity contribution in [2.45, 2.75) is 24.8 Å². The summed E-state index contributed by atoms with van der Waals surface area (Å²) in [6.07, 6.45) is 0. The second-order valence-corrected chi connectivity index (χ2v) is 6.82. The summed E-state index contributed by atoms with van der Waals surface area (Å²) < 4.78 is 25.5. The Bertz CT molecular complexity index is 616. The fraction of sp³-hybridized carbons (Fsp3) is 0.500. The summed E-state index contributed by atoms with van der Waals surface area (Å²) in [6.45, 7) is 4.25. The van der Waals surface area contributed by atoms with Crippen molar-refractivity contribution in [2.75, 3.05) is 18.9 Å². The molecule has 0 radical (unpaired) electrons. The van der Waals surface area contributed by atoms with Gasteiger partial charge in [0.25, 0.3) is 5.69 Å². The van der Waals surface area contributed by atoms with E-state index in [9.17, 15) is 18.5 Å². The summed E-state index contributed by atoms with van der Waals surface area (Å²) in [5.41, 5.74) is 5.81. The Hall–Kier alpha value is -1.71. The third-order valence-corrected chi connectivity index (χ3v) is 4.54. The third-order valence-electron chi connectivity index (χ3n) is 3.13. The lowest BCUT2D eigenvalue weighted by Crippen LogP contribution is -2.34. The molecule has 0 heterocycles. The number of rotatable bonds is 7. The van der Waals surface area contributed by atoms with Crippen LogP contribution in [0.5, 0.6) is 0 Å². The first-order valence-corrected chi connectivity index (χ1v) is 7.88. The Morgan fingerprint density at radius 1 is 1.38 bits per heavy atom. The van der Waals surface area contributed by atoms with Crippen LogP contribution in [-0.2, 0) is 10.0 Å². The molecule has 4 N–H and O–H groups in total. The highest BCUT2D eigenvalue weighted by Crippen LogP contribution is 2.27. The quantitative estimate of drug-likeness (QED) is 0.506. The molecule has 0 aliphatic carbocycles. The molecule has 0 aliphatic rings. The van der Waals surface area contributed by atoms with Gasteiger partial charge in [-0.25, -0.2) is 13.1 Å². The molecule has 9 heteroatoms.